The summed E-state index contributed by atoms with van der Waals surface area (Å²) in [5.41, 5.74) is 2.72. The molecule has 1 N–H and O–H groups in total. The average molecular weight is 331 g/mol. The number of likely N-dealkylation sites (N-methyl/N-ethyl adjacent to an activating group) is 1. The number of amides is 1. The van der Waals surface area contributed by atoms with Crippen molar-refractivity contribution in [1.29, 1.82) is 0 Å². The molecule has 128 valence electrons. The molecule has 0 unspecified atom stereocenters. The van der Waals surface area contributed by atoms with Crippen LogP contribution in [0.4, 0.5) is 11.4 Å². The van der Waals surface area contributed by atoms with Crippen LogP contribution in [-0.4, -0.2) is 39.1 Å². The number of nitrogens with one attached hydrogen (secondary N) is 1. The van der Waals surface area contributed by atoms with Gasteiger partial charge in [0.2, 0.25) is 5.91 Å². The van der Waals surface area contributed by atoms with Crippen molar-refractivity contribution in [2.75, 3.05) is 18.9 Å². The van der Waals surface area contributed by atoms with Crippen molar-refractivity contribution >= 4 is 17.3 Å². The Labute approximate surface area is 140 Å². The number of anilines is 1. The zero-order valence-electron chi connectivity index (χ0n) is 14.2. The highest BCUT2D eigenvalue weighted by Crippen LogP contribution is 2.21. The van der Waals surface area contributed by atoms with Gasteiger partial charge in [-0.2, -0.15) is 5.10 Å². The van der Waals surface area contributed by atoms with Crippen molar-refractivity contribution in [3.63, 3.8) is 0 Å². The fraction of sp³-hybridized carbons (Fsp3) is 0.375. The third-order valence-electron chi connectivity index (χ3n) is 3.65. The van der Waals surface area contributed by atoms with Crippen molar-refractivity contribution in [3.8, 4) is 0 Å². The second-order valence-corrected chi connectivity index (χ2v) is 5.85. The maximum atomic E-state index is 12.1. The molecule has 1 heterocycles. The monoisotopic (exact) mass is 331 g/mol. The molecule has 24 heavy (non-hydrogen) atoms. The molecular weight excluding hydrogens is 310 g/mol. The first-order valence-corrected chi connectivity index (χ1v) is 7.51. The van der Waals surface area contributed by atoms with Crippen LogP contribution in [0.5, 0.6) is 0 Å². The largest absolute Gasteiger partial charge is 0.325 e. The molecular formula is C16H21N5O3. The summed E-state index contributed by atoms with van der Waals surface area (Å²) in [6.07, 6.45) is 0. The van der Waals surface area contributed by atoms with Gasteiger partial charge in [-0.25, -0.2) is 4.68 Å². The first-order valence-electron chi connectivity index (χ1n) is 7.51. The molecule has 0 saturated heterocycles. The van der Waals surface area contributed by atoms with Crippen LogP contribution >= 0.6 is 0 Å². The number of carbonyl (C=O) groups is 1. The van der Waals surface area contributed by atoms with Crippen LogP contribution in [-0.2, 0) is 11.5 Å². The lowest BCUT2D eigenvalue weighted by atomic mass is 10.2. The normalized spacial score (nSPS) is 10.9. The van der Waals surface area contributed by atoms with E-state index in [2.05, 4.69) is 10.4 Å². The molecule has 0 spiro atoms. The number of hydrogen-bond acceptors (Lipinski definition) is 5. The minimum Gasteiger partial charge on any atom is -0.325 e. The fourth-order valence-electron chi connectivity index (χ4n) is 2.45. The van der Waals surface area contributed by atoms with E-state index in [1.54, 1.807) is 25.8 Å². The van der Waals surface area contributed by atoms with Crippen molar-refractivity contribution < 1.29 is 9.72 Å². The van der Waals surface area contributed by atoms with Gasteiger partial charge in [-0.05, 0) is 40.0 Å². The molecule has 2 aromatic rings. The molecule has 1 aromatic heterocycles. The Balaban J connectivity index is 1.96. The number of aromatic nitrogens is 2. The molecule has 1 aromatic carbocycles. The molecule has 0 atom stereocenters. The molecule has 8 nitrogen and oxygen atoms in total. The van der Waals surface area contributed by atoms with E-state index < -0.39 is 4.92 Å². The quantitative estimate of drug-likeness (QED) is 0.647. The van der Waals surface area contributed by atoms with Crippen LogP contribution in [0.3, 0.4) is 0 Å². The Morgan fingerprint density at radius 1 is 1.29 bits per heavy atom. The molecule has 0 bridgehead atoms. The Hall–Kier alpha value is -2.74. The van der Waals surface area contributed by atoms with E-state index >= 15 is 0 Å². The van der Waals surface area contributed by atoms with Crippen LogP contribution in [0.15, 0.2) is 24.3 Å². The van der Waals surface area contributed by atoms with Crippen molar-refractivity contribution in [2.45, 2.75) is 27.4 Å². The summed E-state index contributed by atoms with van der Waals surface area (Å²) in [5, 5.41) is 18.0. The molecule has 2 rings (SSSR count). The number of benzene rings is 1. The van der Waals surface area contributed by atoms with Crippen molar-refractivity contribution in [3.05, 3.63) is 51.3 Å². The maximum absolute atomic E-state index is 12.1. The highest BCUT2D eigenvalue weighted by Gasteiger charge is 2.22. The summed E-state index contributed by atoms with van der Waals surface area (Å²) in [6.45, 7) is 5.68. The summed E-state index contributed by atoms with van der Waals surface area (Å²) in [4.78, 5) is 24.4. The smallest absolute Gasteiger partial charge is 0.312 e. The van der Waals surface area contributed by atoms with Gasteiger partial charge < -0.3 is 5.32 Å². The SMILES string of the molecule is Cc1ccc(NC(=O)CN(C)Cn2nc(C)c([N+](=O)[O-])c2C)cc1. The molecule has 0 aliphatic carbocycles. The standard InChI is InChI=1S/C16H21N5O3/c1-11-5-7-14(8-6-11)17-15(22)9-19(4)10-20-13(3)16(21(23)24)12(2)18-20/h5-8H,9-10H2,1-4H3,(H,17,22). The Morgan fingerprint density at radius 3 is 2.46 bits per heavy atom. The lowest BCUT2D eigenvalue weighted by Crippen LogP contribution is -2.32. The second kappa shape index (κ2) is 7.22. The predicted octanol–water partition coefficient (Wildman–Crippen LogP) is 2.24. The van der Waals surface area contributed by atoms with Gasteiger partial charge in [0.25, 0.3) is 0 Å². The topological polar surface area (TPSA) is 93.3 Å². The third kappa shape index (κ3) is 4.17. The third-order valence-corrected chi connectivity index (χ3v) is 3.65. The van der Waals surface area contributed by atoms with E-state index in [4.69, 9.17) is 0 Å². The van der Waals surface area contributed by atoms with Gasteiger partial charge in [0, 0.05) is 5.69 Å². The lowest BCUT2D eigenvalue weighted by molar-refractivity contribution is -0.386. The summed E-state index contributed by atoms with van der Waals surface area (Å²) < 4.78 is 1.53. The van der Waals surface area contributed by atoms with Gasteiger partial charge in [0.15, 0.2) is 0 Å². The van der Waals surface area contributed by atoms with Gasteiger partial charge in [0.1, 0.15) is 11.4 Å². The summed E-state index contributed by atoms with van der Waals surface area (Å²) in [6, 6.07) is 7.54. The van der Waals surface area contributed by atoms with Gasteiger partial charge in [0.05, 0.1) is 18.1 Å². The lowest BCUT2D eigenvalue weighted by Gasteiger charge is -2.17. The van der Waals surface area contributed by atoms with Crippen molar-refractivity contribution in [1.82, 2.24) is 14.7 Å². The highest BCUT2D eigenvalue weighted by molar-refractivity contribution is 5.92. The fourth-order valence-corrected chi connectivity index (χ4v) is 2.45. The molecule has 8 heteroatoms. The Kier molecular flexibility index (Phi) is 5.30. The number of nitrogens with zero attached hydrogens (tertiary/aromatic N) is 4. The van der Waals surface area contributed by atoms with E-state index in [0.29, 0.717) is 18.1 Å². The zero-order chi connectivity index (χ0) is 17.9. The number of hydrogen-bond donors (Lipinski definition) is 1. The minimum atomic E-state index is -0.432. The minimum absolute atomic E-state index is 0.0208. The van der Waals surface area contributed by atoms with E-state index in [9.17, 15) is 14.9 Å². The summed E-state index contributed by atoms with van der Waals surface area (Å²) >= 11 is 0. The van der Waals surface area contributed by atoms with Gasteiger partial charge in [-0.15, -0.1) is 0 Å². The van der Waals surface area contributed by atoms with Crippen molar-refractivity contribution in [2.24, 2.45) is 0 Å². The molecule has 0 aliphatic heterocycles. The molecule has 1 amide bonds. The average Bonchev–Trinajstić information content (AvgIpc) is 2.75. The second-order valence-electron chi connectivity index (χ2n) is 5.85. The van der Waals surface area contributed by atoms with Crippen LogP contribution in [0.2, 0.25) is 0 Å². The zero-order valence-corrected chi connectivity index (χ0v) is 14.2. The first kappa shape index (κ1) is 17.6. The Morgan fingerprint density at radius 2 is 1.92 bits per heavy atom. The summed E-state index contributed by atoms with van der Waals surface area (Å²) in [5.74, 6) is -0.155. The molecule has 0 radical (unpaired) electrons. The molecule has 0 fully saturated rings. The van der Waals surface area contributed by atoms with Crippen LogP contribution in [0, 0.1) is 30.9 Å². The van der Waals surface area contributed by atoms with Crippen LogP contribution in [0.1, 0.15) is 17.0 Å². The van der Waals surface area contributed by atoms with Crippen LogP contribution in [0.25, 0.3) is 0 Å². The van der Waals surface area contributed by atoms with Gasteiger partial charge in [-0.1, -0.05) is 17.7 Å². The number of rotatable bonds is 6. The first-order chi connectivity index (χ1) is 11.3. The highest BCUT2D eigenvalue weighted by atomic mass is 16.6. The van der Waals surface area contributed by atoms with E-state index in [0.717, 1.165) is 11.3 Å². The Bertz CT molecular complexity index is 752. The maximum Gasteiger partial charge on any atom is 0.312 e. The van der Waals surface area contributed by atoms with E-state index in [1.165, 1.54) is 4.68 Å². The molecule has 0 saturated carbocycles. The number of aryl methyl sites for hydroxylation is 2. The van der Waals surface area contributed by atoms with E-state index in [1.807, 2.05) is 31.2 Å². The predicted molar refractivity (Wildman–Crippen MR) is 90.8 cm³/mol. The van der Waals surface area contributed by atoms with Crippen LogP contribution < -0.4 is 5.32 Å². The van der Waals surface area contributed by atoms with Gasteiger partial charge >= 0.3 is 5.69 Å². The number of carbonyl (C=O) groups excluding carboxylic acids is 1. The van der Waals surface area contributed by atoms with Gasteiger partial charge in [-0.3, -0.25) is 19.8 Å². The van der Waals surface area contributed by atoms with E-state index in [-0.39, 0.29) is 18.1 Å². The number of nitro groups is 1. The molecule has 0 aliphatic rings. The summed E-state index contributed by atoms with van der Waals surface area (Å²) in [7, 11) is 1.76.